The minimum absolute atomic E-state index is 0.0564. The van der Waals surface area contributed by atoms with Crippen molar-refractivity contribution in [2.75, 3.05) is 25.1 Å². The molecule has 2 aromatic rings. The number of imide groups is 1. The molecule has 0 saturated carbocycles. The summed E-state index contributed by atoms with van der Waals surface area (Å²) in [5, 5.41) is 7.46. The van der Waals surface area contributed by atoms with Crippen molar-refractivity contribution in [2.24, 2.45) is 0 Å². The number of nitrogens with two attached hydrogens (primary N) is 1. The first kappa shape index (κ1) is 22.5. The first-order chi connectivity index (χ1) is 13.9. The molecule has 4 N–H and O–H groups in total. The summed E-state index contributed by atoms with van der Waals surface area (Å²) < 4.78 is 11.0. The monoisotopic (exact) mass is 420 g/mol. The van der Waals surface area contributed by atoms with Gasteiger partial charge in [0.05, 0.1) is 13.2 Å². The second-order valence-electron chi connectivity index (χ2n) is 6.31. The van der Waals surface area contributed by atoms with Crippen LogP contribution in [-0.4, -0.2) is 31.7 Å². The highest BCUT2D eigenvalue weighted by molar-refractivity contribution is 6.30. The highest BCUT2D eigenvalue weighted by Crippen LogP contribution is 2.30. The zero-order chi connectivity index (χ0) is 21.2. The maximum atomic E-state index is 12.1. The van der Waals surface area contributed by atoms with Crippen LogP contribution in [0.1, 0.15) is 32.4 Å². The first-order valence-corrected chi connectivity index (χ1v) is 9.90. The van der Waals surface area contributed by atoms with Crippen molar-refractivity contribution < 1.29 is 24.4 Å². The van der Waals surface area contributed by atoms with Crippen molar-refractivity contribution in [2.45, 2.75) is 26.8 Å². The summed E-state index contributed by atoms with van der Waals surface area (Å²) >= 11 is 5.89. The normalized spacial score (nSPS) is 11.4. The number of nitrogens with one attached hydrogen (secondary N) is 2. The van der Waals surface area contributed by atoms with Crippen LogP contribution in [0.2, 0.25) is 5.02 Å². The Morgan fingerprint density at radius 1 is 1.03 bits per heavy atom. The molecule has 2 rings (SSSR count). The lowest BCUT2D eigenvalue weighted by atomic mass is 10.1. The number of anilines is 1. The third-order valence-corrected chi connectivity index (χ3v) is 4.36. The Kier molecular flexibility index (Phi) is 8.76. The van der Waals surface area contributed by atoms with Crippen LogP contribution < -0.4 is 25.4 Å². The molecule has 0 unspecified atom stereocenters. The van der Waals surface area contributed by atoms with Gasteiger partial charge in [0.25, 0.3) is 5.91 Å². The van der Waals surface area contributed by atoms with Gasteiger partial charge < -0.3 is 20.1 Å². The van der Waals surface area contributed by atoms with Gasteiger partial charge in [-0.1, -0.05) is 23.7 Å². The summed E-state index contributed by atoms with van der Waals surface area (Å²) in [4.78, 5) is 24.2. The van der Waals surface area contributed by atoms with Crippen LogP contribution in [0, 0.1) is 0 Å². The molecule has 0 fully saturated rings. The van der Waals surface area contributed by atoms with Crippen LogP contribution in [0.4, 0.5) is 10.5 Å². The van der Waals surface area contributed by atoms with Gasteiger partial charge >= 0.3 is 6.03 Å². The number of quaternary nitrogens is 1. The van der Waals surface area contributed by atoms with E-state index in [9.17, 15) is 9.59 Å². The zero-order valence-corrected chi connectivity index (χ0v) is 17.6. The van der Waals surface area contributed by atoms with E-state index >= 15 is 0 Å². The highest BCUT2D eigenvalue weighted by atomic mass is 35.5. The van der Waals surface area contributed by atoms with E-state index in [-0.39, 0.29) is 18.5 Å². The van der Waals surface area contributed by atoms with E-state index in [1.165, 1.54) is 0 Å². The van der Waals surface area contributed by atoms with Crippen molar-refractivity contribution in [1.29, 1.82) is 0 Å². The molecule has 0 aliphatic carbocycles. The number of ether oxygens (including phenoxy) is 2. The second kappa shape index (κ2) is 11.3. The van der Waals surface area contributed by atoms with Crippen LogP contribution >= 0.6 is 11.6 Å². The van der Waals surface area contributed by atoms with E-state index in [1.54, 1.807) is 18.2 Å². The maximum absolute atomic E-state index is 12.1. The van der Waals surface area contributed by atoms with E-state index in [4.69, 9.17) is 21.1 Å². The van der Waals surface area contributed by atoms with Crippen molar-refractivity contribution in [3.05, 3.63) is 53.1 Å². The maximum Gasteiger partial charge on any atom is 0.326 e. The van der Waals surface area contributed by atoms with Crippen LogP contribution in [0.15, 0.2) is 42.5 Å². The van der Waals surface area contributed by atoms with Crippen LogP contribution in [0.25, 0.3) is 0 Å². The van der Waals surface area contributed by atoms with Crippen molar-refractivity contribution in [1.82, 2.24) is 5.32 Å². The lowest BCUT2D eigenvalue weighted by Crippen LogP contribution is -2.87. The Hall–Kier alpha value is -2.77. The summed E-state index contributed by atoms with van der Waals surface area (Å²) in [6.45, 7) is 6.81. The number of hydrogen-bond donors (Lipinski definition) is 3. The summed E-state index contributed by atoms with van der Waals surface area (Å²) in [5.41, 5.74) is 1.55. The standard InChI is InChI=1S/C21H26ClN3O4/c1-4-28-18-11-10-17(12-19(18)29-5-2)24-21(27)25-20(26)13-23-14(3)15-6-8-16(22)9-7-15/h6-12,14,23H,4-5,13H2,1-3H3,(H2,24,25,26,27)/p+1/t14-/m0/s1. The van der Waals surface area contributed by atoms with E-state index in [0.29, 0.717) is 35.4 Å². The van der Waals surface area contributed by atoms with Crippen LogP contribution in [0.5, 0.6) is 11.5 Å². The Bertz CT molecular complexity index is 827. The molecule has 0 saturated heterocycles. The molecular weight excluding hydrogens is 394 g/mol. The number of rotatable bonds is 9. The number of carbonyl (C=O) groups excluding carboxylic acids is 2. The second-order valence-corrected chi connectivity index (χ2v) is 6.75. The lowest BCUT2D eigenvalue weighted by Gasteiger charge is -2.13. The van der Waals surface area contributed by atoms with E-state index < -0.39 is 6.03 Å². The topological polar surface area (TPSA) is 93.3 Å². The van der Waals surface area contributed by atoms with Gasteiger partial charge in [0.15, 0.2) is 18.0 Å². The summed E-state index contributed by atoms with van der Waals surface area (Å²) in [6.07, 6.45) is 0. The Morgan fingerprint density at radius 2 is 1.69 bits per heavy atom. The minimum Gasteiger partial charge on any atom is -0.490 e. The van der Waals surface area contributed by atoms with Gasteiger partial charge in [0, 0.05) is 22.3 Å². The van der Waals surface area contributed by atoms with E-state index in [2.05, 4.69) is 10.6 Å². The molecule has 3 amide bonds. The molecule has 0 heterocycles. The largest absolute Gasteiger partial charge is 0.490 e. The molecule has 156 valence electrons. The van der Waals surface area contributed by atoms with Crippen LogP contribution in [-0.2, 0) is 4.79 Å². The molecule has 0 spiro atoms. The Labute approximate surface area is 175 Å². The zero-order valence-electron chi connectivity index (χ0n) is 16.8. The predicted molar refractivity (Wildman–Crippen MR) is 113 cm³/mol. The van der Waals surface area contributed by atoms with E-state index in [0.717, 1.165) is 5.56 Å². The fraction of sp³-hybridized carbons (Fsp3) is 0.333. The number of hydrogen-bond acceptors (Lipinski definition) is 4. The molecule has 0 aliphatic rings. The van der Waals surface area contributed by atoms with Gasteiger partial charge in [0.2, 0.25) is 0 Å². The molecule has 1 atom stereocenters. The average molecular weight is 421 g/mol. The molecule has 0 bridgehead atoms. The number of halogens is 1. The fourth-order valence-corrected chi connectivity index (χ4v) is 2.78. The lowest BCUT2D eigenvalue weighted by molar-refractivity contribution is -0.682. The van der Waals surface area contributed by atoms with E-state index in [1.807, 2.05) is 50.4 Å². The average Bonchev–Trinajstić information content (AvgIpc) is 2.69. The number of amides is 3. The predicted octanol–water partition coefficient (Wildman–Crippen LogP) is 3.11. The van der Waals surface area contributed by atoms with Gasteiger partial charge in [-0.2, -0.15) is 0 Å². The highest BCUT2D eigenvalue weighted by Gasteiger charge is 2.14. The number of carbonyl (C=O) groups is 2. The number of benzene rings is 2. The SMILES string of the molecule is CCOc1ccc(NC(=O)NC(=O)C[NH2+][C@@H](C)c2ccc(Cl)cc2)cc1OCC. The van der Waals surface area contributed by atoms with Gasteiger partial charge in [-0.3, -0.25) is 10.1 Å². The molecule has 7 nitrogen and oxygen atoms in total. The fourth-order valence-electron chi connectivity index (χ4n) is 2.66. The molecule has 0 aliphatic heterocycles. The summed E-state index contributed by atoms with van der Waals surface area (Å²) in [6, 6.07) is 12.0. The summed E-state index contributed by atoms with van der Waals surface area (Å²) in [7, 11) is 0. The Balaban J connectivity index is 1.85. The number of urea groups is 1. The van der Waals surface area contributed by atoms with Gasteiger partial charge in [-0.25, -0.2) is 4.79 Å². The van der Waals surface area contributed by atoms with Crippen molar-refractivity contribution in [3.8, 4) is 11.5 Å². The third kappa shape index (κ3) is 7.29. The quantitative estimate of drug-likeness (QED) is 0.581. The smallest absolute Gasteiger partial charge is 0.326 e. The first-order valence-electron chi connectivity index (χ1n) is 9.52. The van der Waals surface area contributed by atoms with Gasteiger partial charge in [-0.15, -0.1) is 0 Å². The molecular formula is C21H27ClN3O4+. The van der Waals surface area contributed by atoms with Gasteiger partial charge in [-0.05, 0) is 45.0 Å². The molecule has 29 heavy (non-hydrogen) atoms. The minimum atomic E-state index is -0.603. The van der Waals surface area contributed by atoms with Crippen LogP contribution in [0.3, 0.4) is 0 Å². The molecule has 0 radical (unpaired) electrons. The van der Waals surface area contributed by atoms with Crippen molar-refractivity contribution in [3.63, 3.8) is 0 Å². The molecule has 2 aromatic carbocycles. The Morgan fingerprint density at radius 3 is 2.34 bits per heavy atom. The molecule has 0 aromatic heterocycles. The third-order valence-electron chi connectivity index (χ3n) is 4.11. The molecule has 8 heteroatoms. The van der Waals surface area contributed by atoms with Crippen molar-refractivity contribution >= 4 is 29.2 Å². The van der Waals surface area contributed by atoms with Gasteiger partial charge in [0.1, 0.15) is 6.04 Å². The summed E-state index contributed by atoms with van der Waals surface area (Å²) in [5.74, 6) is 0.741.